The lowest BCUT2D eigenvalue weighted by Crippen LogP contribution is -2.33. The van der Waals surface area contributed by atoms with Crippen molar-refractivity contribution in [2.45, 2.75) is 52.2 Å². The van der Waals surface area contributed by atoms with Crippen LogP contribution in [0.2, 0.25) is 0 Å². The van der Waals surface area contributed by atoms with E-state index in [0.29, 0.717) is 25.6 Å². The number of nitrogens with zero attached hydrogens (tertiary/aromatic N) is 4. The van der Waals surface area contributed by atoms with Crippen LogP contribution in [0.4, 0.5) is 0 Å². The van der Waals surface area contributed by atoms with E-state index in [4.69, 9.17) is 4.74 Å². The zero-order valence-electron chi connectivity index (χ0n) is 16.1. The SMILES string of the molecule is CCn1c(C2CCN(Cc3ccc(C)cc3)CC2)nn(CCOC)c1=O. The fourth-order valence-electron chi connectivity index (χ4n) is 3.68. The molecule has 6 nitrogen and oxygen atoms in total. The van der Waals surface area contributed by atoms with E-state index >= 15 is 0 Å². The van der Waals surface area contributed by atoms with Crippen LogP contribution in [0.25, 0.3) is 0 Å². The van der Waals surface area contributed by atoms with Crippen molar-refractivity contribution in [3.8, 4) is 0 Å². The number of aryl methyl sites for hydroxylation is 1. The first-order valence-electron chi connectivity index (χ1n) is 9.56. The molecule has 1 aliphatic rings. The normalized spacial score (nSPS) is 16.3. The van der Waals surface area contributed by atoms with Crippen LogP contribution in [-0.2, 0) is 24.4 Å². The third-order valence-electron chi connectivity index (χ3n) is 5.25. The van der Waals surface area contributed by atoms with E-state index < -0.39 is 0 Å². The molecular formula is C20H30N4O2. The molecule has 0 radical (unpaired) electrons. The van der Waals surface area contributed by atoms with Gasteiger partial charge in [0.15, 0.2) is 0 Å². The lowest BCUT2D eigenvalue weighted by atomic mass is 9.95. The summed E-state index contributed by atoms with van der Waals surface area (Å²) in [4.78, 5) is 15.0. The van der Waals surface area contributed by atoms with Gasteiger partial charge in [-0.2, -0.15) is 5.10 Å². The molecule has 0 spiro atoms. The zero-order chi connectivity index (χ0) is 18.5. The van der Waals surface area contributed by atoms with Gasteiger partial charge in [-0.1, -0.05) is 29.8 Å². The summed E-state index contributed by atoms with van der Waals surface area (Å²) < 4.78 is 8.48. The molecule has 0 bridgehead atoms. The predicted octanol–water partition coefficient (Wildman–Crippen LogP) is 2.40. The number of ether oxygens (including phenoxy) is 1. The van der Waals surface area contributed by atoms with Crippen molar-refractivity contribution >= 4 is 0 Å². The Labute approximate surface area is 155 Å². The number of rotatable bonds is 7. The summed E-state index contributed by atoms with van der Waals surface area (Å²) in [6, 6.07) is 8.78. The minimum atomic E-state index is -0.0124. The molecule has 3 rings (SSSR count). The van der Waals surface area contributed by atoms with E-state index in [1.54, 1.807) is 11.8 Å². The summed E-state index contributed by atoms with van der Waals surface area (Å²) in [5, 5.41) is 4.63. The highest BCUT2D eigenvalue weighted by Crippen LogP contribution is 2.27. The van der Waals surface area contributed by atoms with Crippen LogP contribution < -0.4 is 5.69 Å². The van der Waals surface area contributed by atoms with Crippen LogP contribution in [0.1, 0.15) is 42.6 Å². The number of benzene rings is 1. The lowest BCUT2D eigenvalue weighted by Gasteiger charge is -2.31. The molecule has 1 saturated heterocycles. The van der Waals surface area contributed by atoms with E-state index in [-0.39, 0.29) is 5.69 Å². The third-order valence-corrected chi connectivity index (χ3v) is 5.25. The molecule has 2 heterocycles. The van der Waals surface area contributed by atoms with Gasteiger partial charge in [0.05, 0.1) is 13.2 Å². The van der Waals surface area contributed by atoms with E-state index in [0.717, 1.165) is 38.3 Å². The summed E-state index contributed by atoms with van der Waals surface area (Å²) in [6.07, 6.45) is 2.10. The number of likely N-dealkylation sites (tertiary alicyclic amines) is 1. The summed E-state index contributed by atoms with van der Waals surface area (Å²) in [7, 11) is 1.65. The molecule has 1 aromatic carbocycles. The summed E-state index contributed by atoms with van der Waals surface area (Å²) in [5.74, 6) is 1.31. The molecule has 0 N–H and O–H groups in total. The van der Waals surface area contributed by atoms with Gasteiger partial charge in [0.1, 0.15) is 5.82 Å². The Morgan fingerprint density at radius 2 is 1.88 bits per heavy atom. The fraction of sp³-hybridized carbons (Fsp3) is 0.600. The number of hydrogen-bond donors (Lipinski definition) is 0. The van der Waals surface area contributed by atoms with Gasteiger partial charge < -0.3 is 4.74 Å². The Morgan fingerprint density at radius 3 is 2.50 bits per heavy atom. The zero-order valence-corrected chi connectivity index (χ0v) is 16.1. The second-order valence-corrected chi connectivity index (χ2v) is 7.14. The molecule has 0 atom stereocenters. The van der Waals surface area contributed by atoms with Crippen LogP contribution in [0.5, 0.6) is 0 Å². The Balaban J connectivity index is 1.64. The van der Waals surface area contributed by atoms with Crippen molar-refractivity contribution in [3.05, 3.63) is 51.7 Å². The minimum Gasteiger partial charge on any atom is -0.383 e. The molecule has 1 aliphatic heterocycles. The summed E-state index contributed by atoms with van der Waals surface area (Å²) in [6.45, 7) is 8.91. The van der Waals surface area contributed by atoms with Gasteiger partial charge in [0.25, 0.3) is 0 Å². The van der Waals surface area contributed by atoms with Gasteiger partial charge in [0.2, 0.25) is 0 Å². The van der Waals surface area contributed by atoms with Gasteiger partial charge in [0, 0.05) is 26.1 Å². The van der Waals surface area contributed by atoms with Crippen molar-refractivity contribution < 1.29 is 4.74 Å². The molecule has 1 aromatic heterocycles. The van der Waals surface area contributed by atoms with Crippen molar-refractivity contribution in [2.24, 2.45) is 0 Å². The molecule has 6 heteroatoms. The molecular weight excluding hydrogens is 328 g/mol. The maximum atomic E-state index is 12.5. The Morgan fingerprint density at radius 1 is 1.19 bits per heavy atom. The Hall–Kier alpha value is -1.92. The lowest BCUT2D eigenvalue weighted by molar-refractivity contribution is 0.181. The van der Waals surface area contributed by atoms with Crippen molar-refractivity contribution in [1.29, 1.82) is 0 Å². The second-order valence-electron chi connectivity index (χ2n) is 7.14. The molecule has 1 fully saturated rings. The highest BCUT2D eigenvalue weighted by atomic mass is 16.5. The van der Waals surface area contributed by atoms with E-state index in [1.165, 1.54) is 11.1 Å². The van der Waals surface area contributed by atoms with Crippen molar-refractivity contribution in [2.75, 3.05) is 26.8 Å². The quantitative estimate of drug-likeness (QED) is 0.763. The molecule has 0 unspecified atom stereocenters. The average Bonchev–Trinajstić information content (AvgIpc) is 2.98. The molecule has 2 aromatic rings. The largest absolute Gasteiger partial charge is 0.383 e. The van der Waals surface area contributed by atoms with Crippen LogP contribution in [0, 0.1) is 6.92 Å². The Kier molecular flexibility index (Phi) is 6.27. The van der Waals surface area contributed by atoms with Crippen LogP contribution in [0.3, 0.4) is 0 Å². The predicted molar refractivity (Wildman–Crippen MR) is 102 cm³/mol. The van der Waals surface area contributed by atoms with Gasteiger partial charge in [-0.05, 0) is 45.3 Å². The first-order chi connectivity index (χ1) is 12.6. The molecule has 26 heavy (non-hydrogen) atoms. The monoisotopic (exact) mass is 358 g/mol. The maximum absolute atomic E-state index is 12.5. The van der Waals surface area contributed by atoms with Crippen molar-refractivity contribution in [3.63, 3.8) is 0 Å². The fourth-order valence-corrected chi connectivity index (χ4v) is 3.68. The minimum absolute atomic E-state index is 0.0124. The van der Waals surface area contributed by atoms with E-state index in [2.05, 4.69) is 41.2 Å². The smallest absolute Gasteiger partial charge is 0.345 e. The van der Waals surface area contributed by atoms with E-state index in [9.17, 15) is 4.79 Å². The topological polar surface area (TPSA) is 52.3 Å². The molecule has 142 valence electrons. The highest BCUT2D eigenvalue weighted by Gasteiger charge is 2.26. The standard InChI is InChI=1S/C20H30N4O2/c1-4-23-19(21-24(20(23)25)13-14-26-3)18-9-11-22(12-10-18)15-17-7-5-16(2)6-8-17/h5-8,18H,4,9-15H2,1-3H3. The third kappa shape index (κ3) is 4.24. The van der Waals surface area contributed by atoms with Crippen LogP contribution >= 0.6 is 0 Å². The highest BCUT2D eigenvalue weighted by molar-refractivity contribution is 5.21. The van der Waals surface area contributed by atoms with Gasteiger partial charge >= 0.3 is 5.69 Å². The van der Waals surface area contributed by atoms with Gasteiger partial charge in [-0.15, -0.1) is 0 Å². The molecule has 0 amide bonds. The first kappa shape index (κ1) is 18.9. The van der Waals surface area contributed by atoms with Crippen LogP contribution in [0.15, 0.2) is 29.1 Å². The maximum Gasteiger partial charge on any atom is 0.345 e. The number of hydrogen-bond acceptors (Lipinski definition) is 4. The second kappa shape index (κ2) is 8.64. The summed E-state index contributed by atoms with van der Waals surface area (Å²) in [5.41, 5.74) is 2.65. The van der Waals surface area contributed by atoms with Gasteiger partial charge in [-0.25, -0.2) is 9.48 Å². The average molecular weight is 358 g/mol. The molecule has 0 aliphatic carbocycles. The first-order valence-corrected chi connectivity index (χ1v) is 9.56. The van der Waals surface area contributed by atoms with E-state index in [1.807, 2.05) is 11.5 Å². The van der Waals surface area contributed by atoms with Crippen LogP contribution in [-0.4, -0.2) is 46.1 Å². The number of aromatic nitrogens is 3. The van der Waals surface area contributed by atoms with Gasteiger partial charge in [-0.3, -0.25) is 9.47 Å². The molecule has 0 saturated carbocycles. The summed E-state index contributed by atoms with van der Waals surface area (Å²) >= 11 is 0. The number of methoxy groups -OCH3 is 1. The Bertz CT molecular complexity index is 755. The number of piperidine rings is 1. The van der Waals surface area contributed by atoms with Crippen molar-refractivity contribution in [1.82, 2.24) is 19.2 Å².